The minimum atomic E-state index is -0.424. The molecule has 0 saturated carbocycles. The molecule has 1 amide bonds. The average molecular weight is 323 g/mol. The maximum Gasteiger partial charge on any atom is 0.252 e. The van der Waals surface area contributed by atoms with E-state index in [1.807, 2.05) is 6.92 Å². The van der Waals surface area contributed by atoms with Crippen molar-refractivity contribution in [3.63, 3.8) is 0 Å². The van der Waals surface area contributed by atoms with Crippen molar-refractivity contribution in [3.05, 3.63) is 34.1 Å². The Balaban J connectivity index is 2.66. The molecule has 0 aliphatic heterocycles. The zero-order valence-corrected chi connectivity index (χ0v) is 11.8. The van der Waals surface area contributed by atoms with Gasteiger partial charge in [-0.05, 0) is 53.9 Å². The first-order valence-corrected chi connectivity index (χ1v) is 6.69. The highest BCUT2D eigenvalue weighted by molar-refractivity contribution is 9.10. The van der Waals surface area contributed by atoms with Gasteiger partial charge in [0, 0.05) is 16.4 Å². The largest absolute Gasteiger partial charge is 0.350 e. The third kappa shape index (κ3) is 4.64. The molecule has 1 aromatic carbocycles. The molecule has 0 aliphatic carbocycles. The van der Waals surface area contributed by atoms with Gasteiger partial charge in [0.1, 0.15) is 5.82 Å². The predicted molar refractivity (Wildman–Crippen MR) is 71.0 cm³/mol. The molecule has 1 rings (SSSR count). The number of amides is 1. The molecule has 17 heavy (non-hydrogen) atoms. The van der Waals surface area contributed by atoms with Crippen molar-refractivity contribution in [2.45, 2.75) is 25.8 Å². The minimum Gasteiger partial charge on any atom is -0.350 e. The highest BCUT2D eigenvalue weighted by atomic mass is 79.9. The molecule has 0 aromatic heterocycles. The molecule has 1 unspecified atom stereocenters. The Labute approximate surface area is 114 Å². The van der Waals surface area contributed by atoms with E-state index in [9.17, 15) is 9.18 Å². The highest BCUT2D eigenvalue weighted by Gasteiger charge is 2.13. The molecule has 94 valence electrons. The number of nitrogens with one attached hydrogen (secondary N) is 1. The number of alkyl halides is 1. The van der Waals surface area contributed by atoms with E-state index in [2.05, 4.69) is 21.2 Å². The Morgan fingerprint density at radius 1 is 1.59 bits per heavy atom. The second-order valence-corrected chi connectivity index (χ2v) is 5.06. The molecule has 5 heteroatoms. The normalized spacial score (nSPS) is 12.2. The number of rotatable bonds is 5. The number of carbonyl (C=O) groups excluding carboxylic acids is 1. The summed E-state index contributed by atoms with van der Waals surface area (Å²) in [4.78, 5) is 11.9. The Morgan fingerprint density at radius 3 is 2.94 bits per heavy atom. The van der Waals surface area contributed by atoms with Crippen LogP contribution in [0.15, 0.2) is 22.7 Å². The van der Waals surface area contributed by atoms with Gasteiger partial charge < -0.3 is 5.32 Å². The van der Waals surface area contributed by atoms with Crippen molar-refractivity contribution in [2.24, 2.45) is 0 Å². The van der Waals surface area contributed by atoms with E-state index in [0.717, 1.165) is 12.8 Å². The summed E-state index contributed by atoms with van der Waals surface area (Å²) in [5.41, 5.74) is 0.308. The van der Waals surface area contributed by atoms with Crippen molar-refractivity contribution < 1.29 is 9.18 Å². The summed E-state index contributed by atoms with van der Waals surface area (Å²) in [6.45, 7) is 1.90. The number of halogens is 3. The fourth-order valence-corrected chi connectivity index (χ4v) is 2.01. The summed E-state index contributed by atoms with van der Waals surface area (Å²) >= 11 is 8.80. The lowest BCUT2D eigenvalue weighted by Gasteiger charge is -2.13. The van der Waals surface area contributed by atoms with Crippen molar-refractivity contribution >= 4 is 33.4 Å². The lowest BCUT2D eigenvalue weighted by Crippen LogP contribution is -2.32. The molecule has 0 aliphatic rings. The lowest BCUT2D eigenvalue weighted by molar-refractivity contribution is 0.0937. The van der Waals surface area contributed by atoms with Crippen LogP contribution in [-0.4, -0.2) is 17.8 Å². The highest BCUT2D eigenvalue weighted by Crippen LogP contribution is 2.18. The smallest absolute Gasteiger partial charge is 0.252 e. The zero-order chi connectivity index (χ0) is 12.8. The van der Waals surface area contributed by atoms with Crippen molar-refractivity contribution in [3.8, 4) is 0 Å². The molecule has 0 saturated heterocycles. The summed E-state index contributed by atoms with van der Waals surface area (Å²) in [7, 11) is 0. The molecular formula is C12H14BrClFNO. The third-order valence-electron chi connectivity index (χ3n) is 2.32. The topological polar surface area (TPSA) is 29.1 Å². The van der Waals surface area contributed by atoms with E-state index < -0.39 is 5.82 Å². The van der Waals surface area contributed by atoms with Gasteiger partial charge >= 0.3 is 0 Å². The van der Waals surface area contributed by atoms with Crippen molar-refractivity contribution in [2.75, 3.05) is 5.88 Å². The number of benzene rings is 1. The summed E-state index contributed by atoms with van der Waals surface area (Å²) in [6.07, 6.45) is 1.65. The summed E-state index contributed by atoms with van der Waals surface area (Å²) in [5.74, 6) is -0.130. The molecule has 1 N–H and O–H groups in total. The standard InChI is InChI=1S/C12H14BrClFNO/c1-8(3-2-6-14)16-12(17)10-7-9(15)4-5-11(10)13/h4-5,7-8H,2-3,6H2,1H3,(H,16,17). The molecule has 0 radical (unpaired) electrons. The number of carbonyl (C=O) groups is 1. The van der Waals surface area contributed by atoms with Gasteiger partial charge in [0.15, 0.2) is 0 Å². The Hall–Kier alpha value is -0.610. The van der Waals surface area contributed by atoms with E-state index in [-0.39, 0.29) is 11.9 Å². The van der Waals surface area contributed by atoms with Gasteiger partial charge in [-0.25, -0.2) is 4.39 Å². The minimum absolute atomic E-state index is 0.0245. The third-order valence-corrected chi connectivity index (χ3v) is 3.28. The van der Waals surface area contributed by atoms with Gasteiger partial charge in [0.25, 0.3) is 5.91 Å². The van der Waals surface area contributed by atoms with E-state index in [1.165, 1.54) is 18.2 Å². The van der Waals surface area contributed by atoms with Crippen molar-refractivity contribution in [1.82, 2.24) is 5.32 Å². The summed E-state index contributed by atoms with van der Waals surface area (Å²) < 4.78 is 13.6. The molecule has 0 spiro atoms. The SMILES string of the molecule is CC(CCCCl)NC(=O)c1cc(F)ccc1Br. The van der Waals surface area contributed by atoms with Crippen LogP contribution >= 0.6 is 27.5 Å². The second kappa shape index (κ2) is 6.97. The van der Waals surface area contributed by atoms with Crippen LogP contribution in [0.25, 0.3) is 0 Å². The quantitative estimate of drug-likeness (QED) is 0.822. The van der Waals surface area contributed by atoms with E-state index in [0.29, 0.717) is 15.9 Å². The molecule has 2 nitrogen and oxygen atoms in total. The Bertz CT molecular complexity index is 400. The molecular weight excluding hydrogens is 308 g/mol. The Morgan fingerprint density at radius 2 is 2.29 bits per heavy atom. The summed E-state index contributed by atoms with van der Waals surface area (Å²) in [6, 6.07) is 4.07. The van der Waals surface area contributed by atoms with Crippen LogP contribution in [0.3, 0.4) is 0 Å². The van der Waals surface area contributed by atoms with Crippen LogP contribution < -0.4 is 5.32 Å². The monoisotopic (exact) mass is 321 g/mol. The summed E-state index contributed by atoms with van der Waals surface area (Å²) in [5, 5.41) is 2.80. The van der Waals surface area contributed by atoms with Crippen LogP contribution in [0.5, 0.6) is 0 Å². The van der Waals surface area contributed by atoms with E-state index in [4.69, 9.17) is 11.6 Å². The van der Waals surface area contributed by atoms with Crippen LogP contribution in [0.1, 0.15) is 30.1 Å². The van der Waals surface area contributed by atoms with Crippen LogP contribution in [0.2, 0.25) is 0 Å². The van der Waals surface area contributed by atoms with Gasteiger partial charge in [-0.3, -0.25) is 4.79 Å². The first-order chi connectivity index (χ1) is 8.04. The molecule has 0 heterocycles. The number of hydrogen-bond acceptors (Lipinski definition) is 1. The number of hydrogen-bond donors (Lipinski definition) is 1. The molecule has 0 fully saturated rings. The van der Waals surface area contributed by atoms with E-state index in [1.54, 1.807) is 0 Å². The van der Waals surface area contributed by atoms with E-state index >= 15 is 0 Å². The zero-order valence-electron chi connectivity index (χ0n) is 9.47. The molecule has 0 bridgehead atoms. The average Bonchev–Trinajstić information content (AvgIpc) is 2.29. The first kappa shape index (κ1) is 14.5. The molecule has 1 atom stereocenters. The molecule has 1 aromatic rings. The maximum absolute atomic E-state index is 13.0. The van der Waals surface area contributed by atoms with Crippen molar-refractivity contribution in [1.29, 1.82) is 0 Å². The van der Waals surface area contributed by atoms with Gasteiger partial charge in [-0.2, -0.15) is 0 Å². The fraction of sp³-hybridized carbons (Fsp3) is 0.417. The van der Waals surface area contributed by atoms with Gasteiger partial charge in [0.2, 0.25) is 0 Å². The Kier molecular flexibility index (Phi) is 5.92. The van der Waals surface area contributed by atoms with Gasteiger partial charge in [0.05, 0.1) is 5.56 Å². The van der Waals surface area contributed by atoms with Crippen LogP contribution in [-0.2, 0) is 0 Å². The lowest BCUT2D eigenvalue weighted by atomic mass is 10.1. The maximum atomic E-state index is 13.0. The predicted octanol–water partition coefficient (Wildman–Crippen LogP) is 3.73. The van der Waals surface area contributed by atoms with Crippen LogP contribution in [0.4, 0.5) is 4.39 Å². The van der Waals surface area contributed by atoms with Gasteiger partial charge in [-0.15, -0.1) is 11.6 Å². The second-order valence-electron chi connectivity index (χ2n) is 3.83. The van der Waals surface area contributed by atoms with Gasteiger partial charge in [-0.1, -0.05) is 0 Å². The van der Waals surface area contributed by atoms with Crippen LogP contribution in [0, 0.1) is 5.82 Å². The first-order valence-electron chi connectivity index (χ1n) is 5.36. The fourth-order valence-electron chi connectivity index (χ4n) is 1.43.